The Morgan fingerprint density at radius 1 is 0.973 bits per heavy atom. The molecule has 0 saturated carbocycles. The molecule has 2 aromatic carbocycles. The summed E-state index contributed by atoms with van der Waals surface area (Å²) in [6.45, 7) is 1.42. The van der Waals surface area contributed by atoms with Gasteiger partial charge in [-0.25, -0.2) is 4.79 Å². The fourth-order valence-corrected chi connectivity index (χ4v) is 5.86. The van der Waals surface area contributed by atoms with Crippen molar-refractivity contribution in [2.75, 3.05) is 13.1 Å². The smallest absolute Gasteiger partial charge is 0.410 e. The van der Waals surface area contributed by atoms with E-state index in [1.807, 2.05) is 42.5 Å². The van der Waals surface area contributed by atoms with E-state index in [-0.39, 0.29) is 24.2 Å². The van der Waals surface area contributed by atoms with Crippen LogP contribution in [0.1, 0.15) is 51.9 Å². The van der Waals surface area contributed by atoms with Gasteiger partial charge in [0.25, 0.3) is 5.91 Å². The van der Waals surface area contributed by atoms with E-state index in [4.69, 9.17) is 4.74 Å². The number of likely N-dealkylation sites (tertiary alicyclic amines) is 1. The zero-order valence-corrected chi connectivity index (χ0v) is 20.4. The molecule has 9 nitrogen and oxygen atoms in total. The number of aromatic nitrogens is 2. The quantitative estimate of drug-likeness (QED) is 0.591. The van der Waals surface area contributed by atoms with E-state index in [1.165, 1.54) is 11.1 Å². The van der Waals surface area contributed by atoms with Crippen molar-refractivity contribution in [3.8, 4) is 5.75 Å². The van der Waals surface area contributed by atoms with E-state index in [0.717, 1.165) is 24.8 Å². The lowest BCUT2D eigenvalue weighted by molar-refractivity contribution is 0.0607. The number of fused-ring (bicyclic) bond motifs is 2. The lowest BCUT2D eigenvalue weighted by Gasteiger charge is -2.36. The van der Waals surface area contributed by atoms with E-state index in [2.05, 4.69) is 17.1 Å². The van der Waals surface area contributed by atoms with Crippen LogP contribution in [0.5, 0.6) is 5.75 Å². The van der Waals surface area contributed by atoms with Crippen LogP contribution in [-0.4, -0.2) is 55.6 Å². The van der Waals surface area contributed by atoms with Gasteiger partial charge in [0.15, 0.2) is 5.69 Å². The summed E-state index contributed by atoms with van der Waals surface area (Å²) in [7, 11) is 0. The molecule has 1 atom stereocenters. The molecule has 1 aliphatic carbocycles. The molecular formula is C28H28N4O5. The van der Waals surface area contributed by atoms with E-state index in [0.29, 0.717) is 31.9 Å². The number of hydrogen-bond donors (Lipinski definition) is 1. The molecule has 0 bridgehead atoms. The van der Waals surface area contributed by atoms with Gasteiger partial charge in [-0.3, -0.25) is 14.5 Å². The summed E-state index contributed by atoms with van der Waals surface area (Å²) < 4.78 is 7.18. The second kappa shape index (κ2) is 9.38. The highest BCUT2D eigenvalue weighted by atomic mass is 16.6. The lowest BCUT2D eigenvalue weighted by Crippen LogP contribution is -2.49. The molecule has 37 heavy (non-hydrogen) atoms. The van der Waals surface area contributed by atoms with E-state index in [1.54, 1.807) is 14.4 Å². The molecule has 9 heteroatoms. The average molecular weight is 501 g/mol. The minimum atomic E-state index is -0.851. The normalized spacial score (nSPS) is 19.1. The SMILES string of the molecule is O=C1c2c(O)c(=O)nc(C3CCCN3C(=O)OCc3ccccc3)n2CCN1C1Cc2ccccc2C1. The van der Waals surface area contributed by atoms with Crippen LogP contribution in [0.15, 0.2) is 59.4 Å². The molecule has 2 aliphatic heterocycles. The summed E-state index contributed by atoms with van der Waals surface area (Å²) in [5.41, 5.74) is 2.43. The molecule has 190 valence electrons. The molecule has 1 unspecified atom stereocenters. The van der Waals surface area contributed by atoms with Gasteiger partial charge < -0.3 is 19.3 Å². The van der Waals surface area contributed by atoms with Crippen molar-refractivity contribution in [3.63, 3.8) is 0 Å². The van der Waals surface area contributed by atoms with Crippen LogP contribution < -0.4 is 5.56 Å². The third-order valence-electron chi connectivity index (χ3n) is 7.68. The molecule has 3 aromatic rings. The van der Waals surface area contributed by atoms with Gasteiger partial charge in [0.1, 0.15) is 12.4 Å². The maximum atomic E-state index is 13.6. The van der Waals surface area contributed by atoms with Crippen LogP contribution in [0.2, 0.25) is 0 Å². The van der Waals surface area contributed by atoms with Crippen molar-refractivity contribution in [1.29, 1.82) is 0 Å². The van der Waals surface area contributed by atoms with E-state index < -0.39 is 23.4 Å². The number of carbonyl (C=O) groups is 2. The van der Waals surface area contributed by atoms with Crippen molar-refractivity contribution in [2.45, 2.75) is 50.9 Å². The van der Waals surface area contributed by atoms with Crippen molar-refractivity contribution in [3.05, 3.63) is 93.2 Å². The predicted molar refractivity (Wildman–Crippen MR) is 134 cm³/mol. The summed E-state index contributed by atoms with van der Waals surface area (Å²) in [4.78, 5) is 46.8. The number of benzene rings is 2. The van der Waals surface area contributed by atoms with Gasteiger partial charge in [0.2, 0.25) is 5.75 Å². The number of rotatable bonds is 4. The number of amides is 2. The van der Waals surface area contributed by atoms with Crippen LogP contribution in [0.4, 0.5) is 4.79 Å². The molecule has 1 N–H and O–H groups in total. The fraction of sp³-hybridized carbons (Fsp3) is 0.357. The van der Waals surface area contributed by atoms with E-state index in [9.17, 15) is 19.5 Å². The number of nitrogens with zero attached hydrogens (tertiary/aromatic N) is 4. The minimum Gasteiger partial charge on any atom is -0.501 e. The topological polar surface area (TPSA) is 105 Å². The first kappa shape index (κ1) is 23.3. The molecule has 1 aromatic heterocycles. The third kappa shape index (κ3) is 4.14. The molecular weight excluding hydrogens is 472 g/mol. The van der Waals surface area contributed by atoms with Crippen LogP contribution >= 0.6 is 0 Å². The Kier molecular flexibility index (Phi) is 5.90. The number of aromatic hydroxyl groups is 1. The Hall–Kier alpha value is -4.14. The molecule has 3 heterocycles. The molecule has 2 amide bonds. The summed E-state index contributed by atoms with van der Waals surface area (Å²) >= 11 is 0. The summed E-state index contributed by atoms with van der Waals surface area (Å²) in [5, 5.41) is 10.7. The predicted octanol–water partition coefficient (Wildman–Crippen LogP) is 3.05. The van der Waals surface area contributed by atoms with Gasteiger partial charge in [0, 0.05) is 25.7 Å². The summed E-state index contributed by atoms with van der Waals surface area (Å²) in [6, 6.07) is 17.0. The maximum absolute atomic E-state index is 13.6. The fourth-order valence-electron chi connectivity index (χ4n) is 5.86. The zero-order chi connectivity index (χ0) is 25.5. The van der Waals surface area contributed by atoms with Gasteiger partial charge in [-0.15, -0.1) is 0 Å². The number of carbonyl (C=O) groups excluding carboxylic acids is 2. The first-order valence-corrected chi connectivity index (χ1v) is 12.7. The highest BCUT2D eigenvalue weighted by Gasteiger charge is 2.40. The first-order chi connectivity index (χ1) is 18.0. The van der Waals surface area contributed by atoms with Crippen LogP contribution in [-0.2, 0) is 30.7 Å². The zero-order valence-electron chi connectivity index (χ0n) is 20.4. The summed E-state index contributed by atoms with van der Waals surface area (Å²) in [5.74, 6) is -0.682. The van der Waals surface area contributed by atoms with Crippen LogP contribution in [0, 0.1) is 0 Å². The summed E-state index contributed by atoms with van der Waals surface area (Å²) in [6.07, 6.45) is 2.31. The Labute approximate surface area is 213 Å². The van der Waals surface area contributed by atoms with Crippen molar-refractivity contribution in [2.24, 2.45) is 0 Å². The number of ether oxygens (including phenoxy) is 1. The largest absolute Gasteiger partial charge is 0.501 e. The van der Waals surface area contributed by atoms with Gasteiger partial charge in [-0.2, -0.15) is 4.98 Å². The van der Waals surface area contributed by atoms with E-state index >= 15 is 0 Å². The molecule has 1 saturated heterocycles. The maximum Gasteiger partial charge on any atom is 0.410 e. The Bertz CT molecular complexity index is 1390. The second-order valence-corrected chi connectivity index (χ2v) is 9.84. The van der Waals surface area contributed by atoms with Crippen molar-refractivity contribution >= 4 is 12.0 Å². The standard InChI is InChI=1S/C28H28N4O5/c33-24-23-27(35)30(21-15-19-9-4-5-10-20(19)16-21)13-14-32(23)25(29-26(24)34)22-11-6-12-31(22)28(36)37-17-18-7-2-1-3-8-18/h1-5,7-10,21-22,33H,6,11-17H2. The molecule has 0 radical (unpaired) electrons. The molecule has 6 rings (SSSR count). The lowest BCUT2D eigenvalue weighted by atomic mass is 10.1. The second-order valence-electron chi connectivity index (χ2n) is 9.84. The third-order valence-corrected chi connectivity index (χ3v) is 7.68. The minimum absolute atomic E-state index is 0.0271. The van der Waals surface area contributed by atoms with Gasteiger partial charge >= 0.3 is 11.7 Å². The first-order valence-electron chi connectivity index (χ1n) is 12.7. The monoisotopic (exact) mass is 500 g/mol. The van der Waals surface area contributed by atoms with Crippen molar-refractivity contribution in [1.82, 2.24) is 19.4 Å². The van der Waals surface area contributed by atoms with Gasteiger partial charge in [0.05, 0.1) is 6.04 Å². The van der Waals surface area contributed by atoms with Crippen LogP contribution in [0.25, 0.3) is 0 Å². The van der Waals surface area contributed by atoms with Crippen LogP contribution in [0.3, 0.4) is 0 Å². The Balaban J connectivity index is 1.26. The Morgan fingerprint density at radius 3 is 2.41 bits per heavy atom. The molecule has 0 spiro atoms. The Morgan fingerprint density at radius 2 is 1.68 bits per heavy atom. The van der Waals surface area contributed by atoms with Gasteiger partial charge in [-0.05, 0) is 42.4 Å². The van der Waals surface area contributed by atoms with Crippen molar-refractivity contribution < 1.29 is 19.4 Å². The molecule has 1 fully saturated rings. The highest BCUT2D eigenvalue weighted by Crippen LogP contribution is 2.35. The molecule has 3 aliphatic rings. The number of hydrogen-bond acceptors (Lipinski definition) is 6. The van der Waals surface area contributed by atoms with Gasteiger partial charge in [-0.1, -0.05) is 54.6 Å². The average Bonchev–Trinajstić information content (AvgIpc) is 3.57. The highest BCUT2D eigenvalue weighted by molar-refractivity contribution is 5.96.